The number of benzene rings is 6. The molecule has 0 saturated heterocycles. The summed E-state index contributed by atoms with van der Waals surface area (Å²) < 4.78 is 84.3. The van der Waals surface area contributed by atoms with Crippen LogP contribution in [0.5, 0.6) is 11.5 Å². The van der Waals surface area contributed by atoms with Crippen LogP contribution in [-0.2, 0) is 37.3 Å². The van der Waals surface area contributed by atoms with Crippen molar-refractivity contribution in [2.45, 2.75) is 78.6 Å². The van der Waals surface area contributed by atoms with Crippen LogP contribution >= 0.6 is 0 Å². The van der Waals surface area contributed by atoms with Crippen LogP contribution in [0.15, 0.2) is 109 Å². The van der Waals surface area contributed by atoms with Gasteiger partial charge in [0.05, 0.1) is 5.56 Å². The molecule has 1 aliphatic heterocycles. The van der Waals surface area contributed by atoms with E-state index >= 15 is 8.78 Å². The number of para-hydroxylation sites is 4. The molecule has 0 amide bonds. The molecule has 0 N–H and O–H groups in total. The number of hydrogen-bond donors (Lipinski definition) is 0. The maximum Gasteiger partial charge on any atom is 0.200 e. The molecule has 0 fully saturated rings. The van der Waals surface area contributed by atoms with E-state index in [-0.39, 0.29) is 43.1 Å². The molecule has 0 bridgehead atoms. The maximum absolute atomic E-state index is 15.7. The van der Waals surface area contributed by atoms with Gasteiger partial charge in [-0.05, 0) is 63.1 Å². The molecule has 0 radical (unpaired) electrons. The standard InChI is InChI=1S/C54H46F5N4O.Pt/c1-52(2,3)31-23-24-60-44(27-31)63-40-18-11-10-15-36(40)37-22-21-34(29-43(37)63)64-35-26-32(53(4,5)6)25-33(28-35)61-30-62(42-20-13-12-19-41(42)61)51-38(16-14-17-39(51)54(7,8)9)45-46(55)48(57)50(59)49(58)47(45)56;/h10-27,30H,1-9H3;/q-3;. The van der Waals surface area contributed by atoms with Gasteiger partial charge in [0.2, 0.25) is 5.82 Å². The van der Waals surface area contributed by atoms with Crippen molar-refractivity contribution in [3.05, 3.63) is 174 Å². The Balaban J connectivity index is 0.00000576. The van der Waals surface area contributed by atoms with Gasteiger partial charge >= 0.3 is 0 Å². The molecule has 5 nitrogen and oxygen atoms in total. The Labute approximate surface area is 390 Å². The van der Waals surface area contributed by atoms with Gasteiger partial charge in [-0.1, -0.05) is 116 Å². The van der Waals surface area contributed by atoms with E-state index in [9.17, 15) is 13.2 Å². The van der Waals surface area contributed by atoms with Crippen LogP contribution in [0, 0.1) is 47.9 Å². The van der Waals surface area contributed by atoms with E-state index in [0.29, 0.717) is 34.1 Å². The predicted molar refractivity (Wildman–Crippen MR) is 246 cm³/mol. The van der Waals surface area contributed by atoms with Crippen LogP contribution in [0.25, 0.3) is 38.8 Å². The largest absolute Gasteiger partial charge is 0.509 e. The molecule has 336 valence electrons. The number of rotatable bonds is 6. The Morgan fingerprint density at radius 3 is 1.86 bits per heavy atom. The fourth-order valence-electron chi connectivity index (χ4n) is 8.38. The molecule has 0 aliphatic carbocycles. The maximum atomic E-state index is 15.7. The molecule has 6 aromatic carbocycles. The van der Waals surface area contributed by atoms with Gasteiger partial charge in [0, 0.05) is 66.9 Å². The summed E-state index contributed by atoms with van der Waals surface area (Å²) in [6, 6.07) is 39.4. The van der Waals surface area contributed by atoms with Crippen LogP contribution in [0.3, 0.4) is 0 Å². The van der Waals surface area contributed by atoms with Gasteiger partial charge in [0.25, 0.3) is 0 Å². The first kappa shape index (κ1) is 45.6. The molecule has 11 heteroatoms. The summed E-state index contributed by atoms with van der Waals surface area (Å²) >= 11 is 0. The van der Waals surface area contributed by atoms with Crippen molar-refractivity contribution in [3.63, 3.8) is 0 Å². The summed E-state index contributed by atoms with van der Waals surface area (Å²) in [6.07, 6.45) is 1.83. The Kier molecular flexibility index (Phi) is 11.5. The molecule has 8 aromatic rings. The number of halogens is 5. The summed E-state index contributed by atoms with van der Waals surface area (Å²) in [5.41, 5.74) is 4.34. The van der Waals surface area contributed by atoms with Gasteiger partial charge < -0.3 is 19.1 Å². The number of fused-ring (bicyclic) bond motifs is 4. The second-order valence-corrected chi connectivity index (χ2v) is 19.3. The SMILES string of the molecule is CC(C)(C)c1cc(Oc2[c-]c3c(cc2)c2ccccc2n3-c2cc(C(C)(C)C)ccn2)[c-]c(N2[CH-]N(c3c(-c4c(F)c(F)c(F)c(F)c4F)cccc3C(C)(C)C)c3ccccc32)c1.[Pt]. The Morgan fingerprint density at radius 1 is 0.569 bits per heavy atom. The van der Waals surface area contributed by atoms with Gasteiger partial charge in [-0.3, -0.25) is 0 Å². The van der Waals surface area contributed by atoms with Gasteiger partial charge in [0.15, 0.2) is 23.3 Å². The molecule has 0 spiro atoms. The Morgan fingerprint density at radius 2 is 1.20 bits per heavy atom. The third-order valence-electron chi connectivity index (χ3n) is 11.8. The Bertz CT molecular complexity index is 3130. The second kappa shape index (κ2) is 16.5. The minimum absolute atomic E-state index is 0. The molecule has 65 heavy (non-hydrogen) atoms. The average molecular weight is 1060 g/mol. The summed E-state index contributed by atoms with van der Waals surface area (Å²) in [7, 11) is 0. The summed E-state index contributed by atoms with van der Waals surface area (Å²) in [4.78, 5) is 8.44. The molecular formula is C54H46F5N4OPt-3. The third-order valence-corrected chi connectivity index (χ3v) is 11.8. The summed E-state index contributed by atoms with van der Waals surface area (Å²) in [5.74, 6) is -8.44. The van der Waals surface area contributed by atoms with Crippen LogP contribution in [0.2, 0.25) is 0 Å². The smallest absolute Gasteiger partial charge is 0.200 e. The van der Waals surface area contributed by atoms with Crippen molar-refractivity contribution in [1.29, 1.82) is 0 Å². The molecular weight excluding hydrogens is 1010 g/mol. The van der Waals surface area contributed by atoms with Crippen LogP contribution < -0.4 is 14.5 Å². The topological polar surface area (TPSA) is 33.5 Å². The zero-order chi connectivity index (χ0) is 45.6. The summed E-state index contributed by atoms with van der Waals surface area (Å²) in [5, 5.41) is 2.04. The number of aromatic nitrogens is 2. The monoisotopic (exact) mass is 1060 g/mol. The van der Waals surface area contributed by atoms with Gasteiger partial charge in [0.1, 0.15) is 5.82 Å². The summed E-state index contributed by atoms with van der Waals surface area (Å²) in [6.45, 7) is 20.3. The Hall–Kier alpha value is -5.99. The van der Waals surface area contributed by atoms with E-state index < -0.39 is 40.1 Å². The first-order valence-corrected chi connectivity index (χ1v) is 21.1. The van der Waals surface area contributed by atoms with Crippen molar-refractivity contribution in [1.82, 2.24) is 9.55 Å². The first-order valence-electron chi connectivity index (χ1n) is 21.1. The van der Waals surface area contributed by atoms with Crippen molar-refractivity contribution >= 4 is 44.6 Å². The third kappa shape index (κ3) is 7.98. The average Bonchev–Trinajstić information content (AvgIpc) is 3.80. The molecule has 1 aliphatic rings. The molecule has 9 rings (SSSR count). The van der Waals surface area contributed by atoms with Crippen molar-refractivity contribution in [2.75, 3.05) is 9.80 Å². The van der Waals surface area contributed by atoms with Gasteiger partial charge in [-0.2, -0.15) is 6.07 Å². The van der Waals surface area contributed by atoms with Crippen molar-refractivity contribution in [3.8, 4) is 28.4 Å². The van der Waals surface area contributed by atoms with Crippen LogP contribution in [-0.4, -0.2) is 9.55 Å². The molecule has 0 atom stereocenters. The number of nitrogens with zero attached hydrogens (tertiary/aromatic N) is 4. The first-order chi connectivity index (χ1) is 30.2. The van der Waals surface area contributed by atoms with E-state index in [2.05, 4.69) is 76.4 Å². The number of pyridine rings is 1. The minimum Gasteiger partial charge on any atom is -0.509 e. The predicted octanol–water partition coefficient (Wildman–Crippen LogP) is 15.2. The molecule has 0 unspecified atom stereocenters. The zero-order valence-corrected chi connectivity index (χ0v) is 39.6. The molecule has 0 saturated carbocycles. The van der Waals surface area contributed by atoms with E-state index in [1.165, 1.54) is 6.07 Å². The van der Waals surface area contributed by atoms with Crippen molar-refractivity contribution in [2.24, 2.45) is 0 Å². The second-order valence-electron chi connectivity index (χ2n) is 19.3. The number of anilines is 4. The van der Waals surface area contributed by atoms with Crippen LogP contribution in [0.1, 0.15) is 79.0 Å². The van der Waals surface area contributed by atoms with E-state index in [1.807, 2.05) is 98.6 Å². The molecule has 3 heterocycles. The van der Waals surface area contributed by atoms with E-state index in [4.69, 9.17) is 9.72 Å². The van der Waals surface area contributed by atoms with Crippen LogP contribution in [0.4, 0.5) is 44.7 Å². The number of hydrogen-bond acceptors (Lipinski definition) is 4. The quantitative estimate of drug-likeness (QED) is 0.0719. The van der Waals surface area contributed by atoms with E-state index in [1.54, 1.807) is 23.7 Å². The fraction of sp³-hybridized carbons (Fsp3) is 0.222. The number of ether oxygens (including phenoxy) is 1. The van der Waals surface area contributed by atoms with Gasteiger partial charge in [-0.25, -0.2) is 26.9 Å². The fourth-order valence-corrected chi connectivity index (χ4v) is 8.38. The zero-order valence-electron chi connectivity index (χ0n) is 37.4. The van der Waals surface area contributed by atoms with Gasteiger partial charge in [-0.15, -0.1) is 53.6 Å². The minimum atomic E-state index is -2.22. The van der Waals surface area contributed by atoms with E-state index in [0.717, 1.165) is 38.8 Å². The molecule has 2 aromatic heterocycles. The van der Waals surface area contributed by atoms with Crippen molar-refractivity contribution < 1.29 is 47.8 Å². The normalized spacial score (nSPS) is 13.1.